The maximum Gasteiger partial charge on any atom is 0.123 e. The first kappa shape index (κ1) is 10.4. The third kappa shape index (κ3) is 2.70. The molecule has 2 aromatic rings. The largest absolute Gasteiger partial charge is 0.397 e. The third-order valence-electron chi connectivity index (χ3n) is 2.16. The highest BCUT2D eigenvalue weighted by molar-refractivity contribution is 5.44. The van der Waals surface area contributed by atoms with Crippen molar-refractivity contribution in [2.75, 3.05) is 11.1 Å². The maximum absolute atomic E-state index is 12.6. The lowest BCUT2D eigenvalue weighted by molar-refractivity contribution is 0.628. The molecular weight excluding hydrogens is 205 g/mol. The smallest absolute Gasteiger partial charge is 0.123 e. The summed E-state index contributed by atoms with van der Waals surface area (Å²) < 4.78 is 12.6. The molecular formula is C12H12FN3. The fraction of sp³-hybridized carbons (Fsp3) is 0.0833. The van der Waals surface area contributed by atoms with Crippen LogP contribution in [-0.4, -0.2) is 4.98 Å². The van der Waals surface area contributed by atoms with E-state index in [1.807, 2.05) is 6.07 Å². The van der Waals surface area contributed by atoms with Gasteiger partial charge in [-0.2, -0.15) is 0 Å². The van der Waals surface area contributed by atoms with Gasteiger partial charge in [-0.05, 0) is 35.9 Å². The monoisotopic (exact) mass is 217 g/mol. The van der Waals surface area contributed by atoms with Crippen LogP contribution in [-0.2, 0) is 6.54 Å². The molecule has 0 saturated carbocycles. The quantitative estimate of drug-likeness (QED) is 0.830. The molecule has 0 aliphatic rings. The van der Waals surface area contributed by atoms with E-state index in [2.05, 4.69) is 10.3 Å². The second kappa shape index (κ2) is 4.61. The number of aromatic nitrogens is 1. The highest BCUT2D eigenvalue weighted by Gasteiger charge is 1.96. The number of nitrogen functional groups attached to an aromatic ring is 1. The molecule has 82 valence electrons. The van der Waals surface area contributed by atoms with Gasteiger partial charge in [0.15, 0.2) is 0 Å². The fourth-order valence-electron chi connectivity index (χ4n) is 1.38. The zero-order valence-corrected chi connectivity index (χ0v) is 8.65. The van der Waals surface area contributed by atoms with Crippen LogP contribution in [0.25, 0.3) is 0 Å². The van der Waals surface area contributed by atoms with Gasteiger partial charge in [0.2, 0.25) is 0 Å². The van der Waals surface area contributed by atoms with Gasteiger partial charge in [-0.3, -0.25) is 4.98 Å². The number of nitrogens with one attached hydrogen (secondary N) is 1. The van der Waals surface area contributed by atoms with Crippen LogP contribution in [0.3, 0.4) is 0 Å². The van der Waals surface area contributed by atoms with Gasteiger partial charge in [0, 0.05) is 24.6 Å². The molecule has 0 aliphatic heterocycles. The van der Waals surface area contributed by atoms with Crippen LogP contribution in [0.1, 0.15) is 5.56 Å². The minimum absolute atomic E-state index is 0.240. The molecule has 1 heterocycles. The van der Waals surface area contributed by atoms with Crippen molar-refractivity contribution in [3.8, 4) is 0 Å². The summed E-state index contributed by atoms with van der Waals surface area (Å²) in [5.41, 5.74) is 8.10. The summed E-state index contributed by atoms with van der Waals surface area (Å²) in [6, 6.07) is 8.06. The Morgan fingerprint density at radius 3 is 2.62 bits per heavy atom. The van der Waals surface area contributed by atoms with Gasteiger partial charge in [0.05, 0.1) is 5.69 Å². The van der Waals surface area contributed by atoms with Gasteiger partial charge in [0.25, 0.3) is 0 Å². The first-order valence-electron chi connectivity index (χ1n) is 4.93. The minimum Gasteiger partial charge on any atom is -0.397 e. The van der Waals surface area contributed by atoms with Crippen molar-refractivity contribution in [3.63, 3.8) is 0 Å². The molecule has 16 heavy (non-hydrogen) atoms. The molecule has 3 nitrogen and oxygen atoms in total. The Morgan fingerprint density at radius 2 is 1.94 bits per heavy atom. The summed E-state index contributed by atoms with van der Waals surface area (Å²) in [6.45, 7) is 0.615. The fourth-order valence-corrected chi connectivity index (χ4v) is 1.38. The average Bonchev–Trinajstić information content (AvgIpc) is 2.28. The number of nitrogens with two attached hydrogens (primary N) is 1. The lowest BCUT2D eigenvalue weighted by Crippen LogP contribution is -2.00. The molecule has 0 radical (unpaired) electrons. The van der Waals surface area contributed by atoms with Crippen LogP contribution in [0, 0.1) is 5.82 Å². The van der Waals surface area contributed by atoms with Crippen molar-refractivity contribution in [1.29, 1.82) is 0 Å². The van der Waals surface area contributed by atoms with Crippen molar-refractivity contribution >= 4 is 11.4 Å². The second-order valence-electron chi connectivity index (χ2n) is 3.49. The molecule has 0 atom stereocenters. The summed E-state index contributed by atoms with van der Waals surface area (Å²) >= 11 is 0. The number of pyridine rings is 1. The number of hydrogen-bond acceptors (Lipinski definition) is 3. The number of rotatable bonds is 3. The van der Waals surface area contributed by atoms with Crippen LogP contribution in [0.15, 0.2) is 42.7 Å². The van der Waals surface area contributed by atoms with E-state index in [0.29, 0.717) is 12.2 Å². The van der Waals surface area contributed by atoms with Crippen LogP contribution in [0.5, 0.6) is 0 Å². The summed E-state index contributed by atoms with van der Waals surface area (Å²) in [6.07, 6.45) is 3.34. The molecule has 0 saturated heterocycles. The maximum atomic E-state index is 12.6. The molecule has 0 amide bonds. The Bertz CT molecular complexity index is 468. The SMILES string of the molecule is Nc1cncc(CNc2ccc(F)cc2)c1. The third-order valence-corrected chi connectivity index (χ3v) is 2.16. The summed E-state index contributed by atoms with van der Waals surface area (Å²) in [5.74, 6) is -0.240. The molecule has 4 heteroatoms. The van der Waals surface area contributed by atoms with E-state index in [4.69, 9.17) is 5.73 Å². The molecule has 0 fully saturated rings. The van der Waals surface area contributed by atoms with Crippen molar-refractivity contribution in [1.82, 2.24) is 4.98 Å². The molecule has 1 aromatic carbocycles. The van der Waals surface area contributed by atoms with Gasteiger partial charge in [0.1, 0.15) is 5.82 Å². The topological polar surface area (TPSA) is 50.9 Å². The van der Waals surface area contributed by atoms with Crippen LogP contribution >= 0.6 is 0 Å². The number of hydrogen-bond donors (Lipinski definition) is 2. The lowest BCUT2D eigenvalue weighted by Gasteiger charge is -2.06. The second-order valence-corrected chi connectivity index (χ2v) is 3.49. The van der Waals surface area contributed by atoms with E-state index in [0.717, 1.165) is 11.3 Å². The van der Waals surface area contributed by atoms with E-state index >= 15 is 0 Å². The van der Waals surface area contributed by atoms with E-state index in [1.165, 1.54) is 12.1 Å². The average molecular weight is 217 g/mol. The summed E-state index contributed by atoms with van der Waals surface area (Å²) in [4.78, 5) is 3.99. The van der Waals surface area contributed by atoms with E-state index < -0.39 is 0 Å². The molecule has 3 N–H and O–H groups in total. The van der Waals surface area contributed by atoms with Gasteiger partial charge >= 0.3 is 0 Å². The van der Waals surface area contributed by atoms with Crippen molar-refractivity contribution in [2.24, 2.45) is 0 Å². The number of nitrogens with zero attached hydrogens (tertiary/aromatic N) is 1. The highest BCUT2D eigenvalue weighted by atomic mass is 19.1. The van der Waals surface area contributed by atoms with Crippen LogP contribution < -0.4 is 11.1 Å². The van der Waals surface area contributed by atoms with Crippen LogP contribution in [0.4, 0.5) is 15.8 Å². The van der Waals surface area contributed by atoms with Gasteiger partial charge in [-0.15, -0.1) is 0 Å². The Morgan fingerprint density at radius 1 is 1.19 bits per heavy atom. The highest BCUT2D eigenvalue weighted by Crippen LogP contribution is 2.11. The zero-order valence-electron chi connectivity index (χ0n) is 8.65. The number of halogens is 1. The number of benzene rings is 1. The standard InChI is InChI=1S/C12H12FN3/c13-10-1-3-12(4-2-10)16-7-9-5-11(14)8-15-6-9/h1-6,8,16H,7,14H2. The van der Waals surface area contributed by atoms with Gasteiger partial charge in [-0.25, -0.2) is 4.39 Å². The Hall–Kier alpha value is -2.10. The van der Waals surface area contributed by atoms with E-state index in [1.54, 1.807) is 24.5 Å². The summed E-state index contributed by atoms with van der Waals surface area (Å²) in [7, 11) is 0. The summed E-state index contributed by atoms with van der Waals surface area (Å²) in [5, 5.41) is 3.15. The van der Waals surface area contributed by atoms with Crippen molar-refractivity contribution < 1.29 is 4.39 Å². The number of anilines is 2. The predicted molar refractivity (Wildman–Crippen MR) is 62.4 cm³/mol. The normalized spacial score (nSPS) is 10.1. The minimum atomic E-state index is -0.240. The Kier molecular flexibility index (Phi) is 3.00. The molecule has 2 rings (SSSR count). The van der Waals surface area contributed by atoms with Gasteiger partial charge in [-0.1, -0.05) is 0 Å². The molecule has 0 aliphatic carbocycles. The van der Waals surface area contributed by atoms with Crippen molar-refractivity contribution in [3.05, 3.63) is 54.1 Å². The molecule has 0 unspecified atom stereocenters. The molecule has 0 bridgehead atoms. The van der Waals surface area contributed by atoms with Crippen LogP contribution in [0.2, 0.25) is 0 Å². The Labute approximate surface area is 93.1 Å². The first-order valence-corrected chi connectivity index (χ1v) is 4.93. The molecule has 1 aromatic heterocycles. The first-order chi connectivity index (χ1) is 7.74. The molecule has 0 spiro atoms. The van der Waals surface area contributed by atoms with Crippen molar-refractivity contribution in [2.45, 2.75) is 6.54 Å². The lowest BCUT2D eigenvalue weighted by atomic mass is 10.2. The Balaban J connectivity index is 1.99. The predicted octanol–water partition coefficient (Wildman–Crippen LogP) is 2.42. The van der Waals surface area contributed by atoms with Gasteiger partial charge < -0.3 is 11.1 Å². The zero-order chi connectivity index (χ0) is 11.4. The van der Waals surface area contributed by atoms with E-state index in [-0.39, 0.29) is 5.82 Å². The van der Waals surface area contributed by atoms with E-state index in [9.17, 15) is 4.39 Å².